The van der Waals surface area contributed by atoms with Crippen LogP contribution < -0.4 is 0 Å². The first-order chi connectivity index (χ1) is 6.45. The molecule has 0 aliphatic heterocycles. The van der Waals surface area contributed by atoms with Crippen molar-refractivity contribution in [2.45, 2.75) is 10.9 Å². The Labute approximate surface area is 94.2 Å². The SMILES string of the molecule is OC(c1ccc(F)c(Cl)c1F)C(Cl)Cl. The highest BCUT2D eigenvalue weighted by atomic mass is 35.5. The Balaban J connectivity index is 3.17. The predicted octanol–water partition coefficient (Wildman–Crippen LogP) is 3.46. The van der Waals surface area contributed by atoms with Crippen LogP contribution in [0.3, 0.4) is 0 Å². The molecule has 0 radical (unpaired) electrons. The molecule has 1 unspecified atom stereocenters. The number of hydrogen-bond acceptors (Lipinski definition) is 1. The zero-order valence-corrected chi connectivity index (χ0v) is 8.91. The summed E-state index contributed by atoms with van der Waals surface area (Å²) >= 11 is 16.0. The quantitative estimate of drug-likeness (QED) is 0.638. The van der Waals surface area contributed by atoms with E-state index in [1.807, 2.05) is 0 Å². The van der Waals surface area contributed by atoms with Crippen LogP contribution in [0.1, 0.15) is 11.7 Å². The van der Waals surface area contributed by atoms with Crippen LogP contribution in [-0.2, 0) is 0 Å². The monoisotopic (exact) mass is 260 g/mol. The normalized spacial score (nSPS) is 13.4. The van der Waals surface area contributed by atoms with E-state index in [2.05, 4.69) is 0 Å². The Bertz CT molecular complexity index is 344. The molecule has 1 aromatic rings. The van der Waals surface area contributed by atoms with Crippen molar-refractivity contribution in [3.8, 4) is 0 Å². The highest BCUT2D eigenvalue weighted by Gasteiger charge is 2.22. The third-order valence-electron chi connectivity index (χ3n) is 1.62. The molecule has 0 saturated heterocycles. The average Bonchev–Trinajstić information content (AvgIpc) is 2.13. The molecule has 1 aromatic carbocycles. The maximum absolute atomic E-state index is 13.2. The van der Waals surface area contributed by atoms with E-state index < -0.39 is 27.6 Å². The summed E-state index contributed by atoms with van der Waals surface area (Å²) in [5.41, 5.74) is -0.230. The molecule has 78 valence electrons. The van der Waals surface area contributed by atoms with Gasteiger partial charge in [0.15, 0.2) is 5.82 Å². The highest BCUT2D eigenvalue weighted by molar-refractivity contribution is 6.44. The van der Waals surface area contributed by atoms with E-state index in [4.69, 9.17) is 34.8 Å². The second kappa shape index (κ2) is 4.62. The molecule has 0 aliphatic rings. The van der Waals surface area contributed by atoms with Gasteiger partial charge in [-0.3, -0.25) is 0 Å². The molecule has 0 heterocycles. The smallest absolute Gasteiger partial charge is 0.150 e. The van der Waals surface area contributed by atoms with Crippen LogP contribution in [0.5, 0.6) is 0 Å². The molecule has 6 heteroatoms. The van der Waals surface area contributed by atoms with Crippen LogP contribution in [0.15, 0.2) is 12.1 Å². The fourth-order valence-electron chi connectivity index (χ4n) is 0.905. The fourth-order valence-corrected chi connectivity index (χ4v) is 1.35. The summed E-state index contributed by atoms with van der Waals surface area (Å²) in [6.07, 6.45) is -1.43. The summed E-state index contributed by atoms with van der Waals surface area (Å²) in [4.78, 5) is -1.20. The maximum Gasteiger partial charge on any atom is 0.150 e. The van der Waals surface area contributed by atoms with E-state index >= 15 is 0 Å². The molecule has 1 atom stereocenters. The number of aliphatic hydroxyl groups is 1. The lowest BCUT2D eigenvalue weighted by Gasteiger charge is -2.13. The molecular formula is C8H5Cl3F2O. The van der Waals surface area contributed by atoms with E-state index in [9.17, 15) is 13.9 Å². The minimum atomic E-state index is -1.43. The van der Waals surface area contributed by atoms with Gasteiger partial charge in [-0.15, -0.1) is 23.2 Å². The summed E-state index contributed by atoms with van der Waals surface area (Å²) in [6.45, 7) is 0. The number of halogens is 5. The molecule has 0 aliphatic carbocycles. The number of benzene rings is 1. The first-order valence-corrected chi connectivity index (χ1v) is 4.80. The Kier molecular flexibility index (Phi) is 3.95. The maximum atomic E-state index is 13.2. The van der Waals surface area contributed by atoms with Crippen LogP contribution in [0.4, 0.5) is 8.78 Å². The van der Waals surface area contributed by atoms with Crippen molar-refractivity contribution in [1.29, 1.82) is 0 Å². The third kappa shape index (κ3) is 2.28. The molecular weight excluding hydrogens is 256 g/mol. The number of hydrogen-bond donors (Lipinski definition) is 1. The molecule has 0 saturated carbocycles. The largest absolute Gasteiger partial charge is 0.385 e. The summed E-state index contributed by atoms with van der Waals surface area (Å²) in [5, 5.41) is 8.62. The Hall–Kier alpha value is -0.0900. The van der Waals surface area contributed by atoms with Gasteiger partial charge in [-0.2, -0.15) is 0 Å². The lowest BCUT2D eigenvalue weighted by molar-refractivity contribution is 0.187. The average molecular weight is 261 g/mol. The number of rotatable bonds is 2. The number of aliphatic hydroxyl groups excluding tert-OH is 1. The van der Waals surface area contributed by atoms with Gasteiger partial charge in [-0.25, -0.2) is 8.78 Å². The highest BCUT2D eigenvalue weighted by Crippen LogP contribution is 2.30. The fraction of sp³-hybridized carbons (Fsp3) is 0.250. The minimum absolute atomic E-state index is 0.230. The van der Waals surface area contributed by atoms with Crippen LogP contribution in [0, 0.1) is 11.6 Å². The molecule has 1 rings (SSSR count). The molecule has 14 heavy (non-hydrogen) atoms. The predicted molar refractivity (Wildman–Crippen MR) is 51.8 cm³/mol. The van der Waals surface area contributed by atoms with E-state index in [0.29, 0.717) is 0 Å². The van der Waals surface area contributed by atoms with Gasteiger partial charge < -0.3 is 5.11 Å². The van der Waals surface area contributed by atoms with Gasteiger partial charge in [0.25, 0.3) is 0 Å². The van der Waals surface area contributed by atoms with E-state index in [-0.39, 0.29) is 5.56 Å². The van der Waals surface area contributed by atoms with Crippen molar-refractivity contribution in [3.05, 3.63) is 34.4 Å². The molecule has 0 amide bonds. The Morgan fingerprint density at radius 1 is 1.21 bits per heavy atom. The van der Waals surface area contributed by atoms with Crippen molar-refractivity contribution in [3.63, 3.8) is 0 Å². The zero-order valence-electron chi connectivity index (χ0n) is 6.65. The third-order valence-corrected chi connectivity index (χ3v) is 2.45. The van der Waals surface area contributed by atoms with Crippen LogP contribution in [-0.4, -0.2) is 9.94 Å². The summed E-state index contributed by atoms with van der Waals surface area (Å²) in [7, 11) is 0. The summed E-state index contributed by atoms with van der Waals surface area (Å²) < 4.78 is 25.9. The molecule has 1 N–H and O–H groups in total. The molecule has 0 bridgehead atoms. The molecule has 0 fully saturated rings. The topological polar surface area (TPSA) is 20.2 Å². The van der Waals surface area contributed by atoms with E-state index in [1.165, 1.54) is 0 Å². The first kappa shape index (κ1) is 12.0. The minimum Gasteiger partial charge on any atom is -0.385 e. The lowest BCUT2D eigenvalue weighted by Crippen LogP contribution is -2.09. The van der Waals surface area contributed by atoms with E-state index in [1.54, 1.807) is 0 Å². The second-order valence-corrected chi connectivity index (χ2v) is 4.09. The Morgan fingerprint density at radius 2 is 1.79 bits per heavy atom. The van der Waals surface area contributed by atoms with Crippen molar-refractivity contribution >= 4 is 34.8 Å². The summed E-state index contributed by atoms with van der Waals surface area (Å²) in [5.74, 6) is -1.95. The van der Waals surface area contributed by atoms with Gasteiger partial charge in [0, 0.05) is 5.56 Å². The van der Waals surface area contributed by atoms with Gasteiger partial charge in [0.2, 0.25) is 0 Å². The van der Waals surface area contributed by atoms with Crippen LogP contribution in [0.2, 0.25) is 5.02 Å². The standard InChI is InChI=1S/C8H5Cl3F2O/c9-5-4(12)2-1-3(6(5)13)7(14)8(10)11/h1-2,7-8,14H. The second-order valence-electron chi connectivity index (χ2n) is 2.54. The van der Waals surface area contributed by atoms with Crippen molar-refractivity contribution in [2.24, 2.45) is 0 Å². The lowest BCUT2D eigenvalue weighted by atomic mass is 10.1. The van der Waals surface area contributed by atoms with Crippen molar-refractivity contribution < 1.29 is 13.9 Å². The Morgan fingerprint density at radius 3 is 2.29 bits per heavy atom. The molecule has 0 spiro atoms. The molecule has 1 nitrogen and oxygen atoms in total. The van der Waals surface area contributed by atoms with E-state index in [0.717, 1.165) is 12.1 Å². The summed E-state index contributed by atoms with van der Waals surface area (Å²) in [6, 6.07) is 1.97. The van der Waals surface area contributed by atoms with Crippen LogP contribution >= 0.6 is 34.8 Å². The van der Waals surface area contributed by atoms with Gasteiger partial charge >= 0.3 is 0 Å². The van der Waals surface area contributed by atoms with Gasteiger partial charge in [-0.05, 0) is 6.07 Å². The van der Waals surface area contributed by atoms with Crippen molar-refractivity contribution in [1.82, 2.24) is 0 Å². The van der Waals surface area contributed by atoms with Gasteiger partial charge in [-0.1, -0.05) is 17.7 Å². The zero-order chi connectivity index (χ0) is 10.9. The molecule has 0 aromatic heterocycles. The van der Waals surface area contributed by atoms with Crippen LogP contribution in [0.25, 0.3) is 0 Å². The van der Waals surface area contributed by atoms with Gasteiger partial charge in [0.1, 0.15) is 21.8 Å². The first-order valence-electron chi connectivity index (χ1n) is 3.54. The van der Waals surface area contributed by atoms with Crippen molar-refractivity contribution in [2.75, 3.05) is 0 Å². The number of alkyl halides is 2. The van der Waals surface area contributed by atoms with Gasteiger partial charge in [0.05, 0.1) is 0 Å².